The molecule has 0 saturated carbocycles. The fraction of sp³-hybridized carbons (Fsp3) is 0.250. The molecule has 1 aliphatic heterocycles. The molecule has 1 aromatic heterocycles. The summed E-state index contributed by atoms with van der Waals surface area (Å²) in [5.41, 5.74) is 0.801. The topological polar surface area (TPSA) is 105 Å². The lowest BCUT2D eigenvalue weighted by atomic mass is 10.2. The zero-order chi connectivity index (χ0) is 21.1. The van der Waals surface area contributed by atoms with Crippen LogP contribution in [0.1, 0.15) is 18.7 Å². The molecule has 2 heterocycles. The van der Waals surface area contributed by atoms with Crippen LogP contribution in [-0.2, 0) is 21.4 Å². The lowest BCUT2D eigenvalue weighted by molar-refractivity contribution is -0.124. The molecule has 30 heavy (non-hydrogen) atoms. The summed E-state index contributed by atoms with van der Waals surface area (Å²) in [7, 11) is -3.80. The van der Waals surface area contributed by atoms with Crippen LogP contribution < -0.4 is 5.32 Å². The van der Waals surface area contributed by atoms with E-state index in [1.54, 1.807) is 0 Å². The van der Waals surface area contributed by atoms with E-state index in [0.29, 0.717) is 23.7 Å². The average molecular weight is 447 g/mol. The van der Waals surface area contributed by atoms with Crippen LogP contribution in [0.5, 0.6) is 0 Å². The molecule has 1 amide bonds. The van der Waals surface area contributed by atoms with E-state index in [4.69, 9.17) is 16.1 Å². The second-order valence-corrected chi connectivity index (χ2v) is 9.15. The first-order valence-electron chi connectivity index (χ1n) is 9.38. The monoisotopic (exact) mass is 446 g/mol. The number of benzene rings is 2. The van der Waals surface area contributed by atoms with E-state index in [9.17, 15) is 13.2 Å². The Balaban J connectivity index is 1.43. The van der Waals surface area contributed by atoms with Crippen LogP contribution in [-0.4, -0.2) is 41.4 Å². The number of amides is 1. The van der Waals surface area contributed by atoms with Crippen molar-refractivity contribution in [2.24, 2.45) is 0 Å². The lowest BCUT2D eigenvalue weighted by Gasteiger charge is -2.23. The van der Waals surface area contributed by atoms with Gasteiger partial charge in [0.1, 0.15) is 6.04 Å². The molecular weight excluding hydrogens is 428 g/mol. The zero-order valence-corrected chi connectivity index (χ0v) is 17.4. The number of sulfonamides is 1. The van der Waals surface area contributed by atoms with Gasteiger partial charge in [-0.1, -0.05) is 47.1 Å². The van der Waals surface area contributed by atoms with Crippen molar-refractivity contribution >= 4 is 27.5 Å². The van der Waals surface area contributed by atoms with Gasteiger partial charge in [0, 0.05) is 17.1 Å². The normalized spacial score (nSPS) is 17.2. The highest BCUT2D eigenvalue weighted by atomic mass is 35.5. The number of nitrogens with one attached hydrogen (secondary N) is 1. The van der Waals surface area contributed by atoms with Gasteiger partial charge >= 0.3 is 0 Å². The predicted molar refractivity (Wildman–Crippen MR) is 110 cm³/mol. The van der Waals surface area contributed by atoms with Crippen LogP contribution in [0.3, 0.4) is 0 Å². The standard InChI is InChI=1S/C20H19ClN4O4S/c21-15-8-10-16(11-9-15)30(27,28)25-12-4-7-17(25)20(26)22-13-18-23-19(24-29-18)14-5-2-1-3-6-14/h1-3,5-6,8-11,17H,4,7,12-13H2,(H,22,26)/t17-/m1/s1. The van der Waals surface area contributed by atoms with Gasteiger partial charge in [0.2, 0.25) is 27.6 Å². The molecule has 156 valence electrons. The molecule has 1 N–H and O–H groups in total. The average Bonchev–Trinajstić information content (AvgIpc) is 3.43. The molecule has 8 nitrogen and oxygen atoms in total. The minimum atomic E-state index is -3.80. The smallest absolute Gasteiger partial charge is 0.246 e. The largest absolute Gasteiger partial charge is 0.346 e. The van der Waals surface area contributed by atoms with Gasteiger partial charge < -0.3 is 9.84 Å². The summed E-state index contributed by atoms with van der Waals surface area (Å²) in [5, 5.41) is 7.06. The van der Waals surface area contributed by atoms with Gasteiger partial charge in [-0.3, -0.25) is 4.79 Å². The van der Waals surface area contributed by atoms with Crippen LogP contribution >= 0.6 is 11.6 Å². The van der Waals surface area contributed by atoms with Gasteiger partial charge in [-0.2, -0.15) is 9.29 Å². The zero-order valence-electron chi connectivity index (χ0n) is 15.9. The third-order valence-electron chi connectivity index (χ3n) is 4.84. The Kier molecular flexibility index (Phi) is 5.85. The molecule has 0 aliphatic carbocycles. The Hall–Kier alpha value is -2.75. The highest BCUT2D eigenvalue weighted by molar-refractivity contribution is 7.89. The van der Waals surface area contributed by atoms with Gasteiger partial charge in [0.05, 0.1) is 11.4 Å². The first-order valence-corrected chi connectivity index (χ1v) is 11.2. The Morgan fingerprint density at radius 1 is 1.17 bits per heavy atom. The van der Waals surface area contributed by atoms with Crippen molar-refractivity contribution in [3.63, 3.8) is 0 Å². The van der Waals surface area contributed by atoms with E-state index in [1.807, 2.05) is 30.3 Å². The third kappa shape index (κ3) is 4.23. The molecule has 0 bridgehead atoms. The fourth-order valence-electron chi connectivity index (χ4n) is 3.34. The van der Waals surface area contributed by atoms with Crippen molar-refractivity contribution in [3.8, 4) is 11.4 Å². The van der Waals surface area contributed by atoms with Crippen molar-refractivity contribution in [1.82, 2.24) is 19.8 Å². The number of carbonyl (C=O) groups is 1. The quantitative estimate of drug-likeness (QED) is 0.624. The molecule has 0 radical (unpaired) electrons. The minimum Gasteiger partial charge on any atom is -0.346 e. The highest BCUT2D eigenvalue weighted by Crippen LogP contribution is 2.27. The molecule has 1 atom stereocenters. The first-order chi connectivity index (χ1) is 14.4. The van der Waals surface area contributed by atoms with Crippen LogP contribution in [0.4, 0.5) is 0 Å². The Labute approximate surface area is 178 Å². The first kappa shape index (κ1) is 20.5. The van der Waals surface area contributed by atoms with Crippen LogP contribution in [0.15, 0.2) is 64.0 Å². The van der Waals surface area contributed by atoms with Crippen molar-refractivity contribution in [1.29, 1.82) is 0 Å². The maximum Gasteiger partial charge on any atom is 0.246 e. The van der Waals surface area contributed by atoms with Crippen molar-refractivity contribution in [2.45, 2.75) is 30.3 Å². The van der Waals surface area contributed by atoms with Crippen LogP contribution in [0.25, 0.3) is 11.4 Å². The summed E-state index contributed by atoms with van der Waals surface area (Å²) in [6.07, 6.45) is 1.04. The molecule has 1 aliphatic rings. The summed E-state index contributed by atoms with van der Waals surface area (Å²) in [4.78, 5) is 17.1. The minimum absolute atomic E-state index is 0.0179. The summed E-state index contributed by atoms with van der Waals surface area (Å²) in [6, 6.07) is 14.4. The van der Waals surface area contributed by atoms with Crippen LogP contribution in [0.2, 0.25) is 5.02 Å². The number of aromatic nitrogens is 2. The molecule has 1 fully saturated rings. The molecule has 1 saturated heterocycles. The van der Waals surface area contributed by atoms with E-state index >= 15 is 0 Å². The van der Waals surface area contributed by atoms with Crippen molar-refractivity contribution < 1.29 is 17.7 Å². The number of hydrogen-bond acceptors (Lipinski definition) is 6. The Bertz CT molecular complexity index is 1130. The summed E-state index contributed by atoms with van der Waals surface area (Å²) in [5.74, 6) is 0.268. The second kappa shape index (κ2) is 8.55. The second-order valence-electron chi connectivity index (χ2n) is 6.82. The van der Waals surface area contributed by atoms with E-state index in [2.05, 4.69) is 15.5 Å². The van der Waals surface area contributed by atoms with E-state index in [0.717, 1.165) is 5.56 Å². The molecule has 0 unspecified atom stereocenters. The number of rotatable bonds is 6. The fourth-order valence-corrected chi connectivity index (χ4v) is 5.13. The number of nitrogens with zero attached hydrogens (tertiary/aromatic N) is 3. The summed E-state index contributed by atoms with van der Waals surface area (Å²) >= 11 is 5.85. The maximum atomic E-state index is 13.0. The Morgan fingerprint density at radius 3 is 2.63 bits per heavy atom. The molecule has 3 aromatic rings. The predicted octanol–water partition coefficient (Wildman–Crippen LogP) is 2.86. The highest BCUT2D eigenvalue weighted by Gasteiger charge is 2.39. The van der Waals surface area contributed by atoms with E-state index in [-0.39, 0.29) is 23.9 Å². The summed E-state index contributed by atoms with van der Waals surface area (Å²) < 4.78 is 32.3. The van der Waals surface area contributed by atoms with Crippen molar-refractivity contribution in [3.05, 3.63) is 65.5 Å². The lowest BCUT2D eigenvalue weighted by Crippen LogP contribution is -2.45. The number of hydrogen-bond donors (Lipinski definition) is 1. The third-order valence-corrected chi connectivity index (χ3v) is 7.01. The van der Waals surface area contributed by atoms with Gasteiger partial charge in [-0.25, -0.2) is 8.42 Å². The van der Waals surface area contributed by atoms with Crippen molar-refractivity contribution in [2.75, 3.05) is 6.54 Å². The molecule has 2 aromatic carbocycles. The van der Waals surface area contributed by atoms with Gasteiger partial charge in [-0.15, -0.1) is 0 Å². The van der Waals surface area contributed by atoms with Gasteiger partial charge in [0.25, 0.3) is 0 Å². The summed E-state index contributed by atoms with van der Waals surface area (Å²) in [6.45, 7) is 0.297. The van der Waals surface area contributed by atoms with Crippen LogP contribution in [0, 0.1) is 0 Å². The molecule has 4 rings (SSSR count). The SMILES string of the molecule is O=C(NCc1nc(-c2ccccc2)no1)[C@H]1CCCN1S(=O)(=O)c1ccc(Cl)cc1. The molecular formula is C20H19ClN4O4S. The Morgan fingerprint density at radius 2 is 1.90 bits per heavy atom. The molecule has 0 spiro atoms. The maximum absolute atomic E-state index is 13.0. The number of carbonyl (C=O) groups excluding carboxylic acids is 1. The number of halogens is 1. The van der Waals surface area contributed by atoms with E-state index in [1.165, 1.54) is 28.6 Å². The van der Waals surface area contributed by atoms with E-state index < -0.39 is 22.0 Å². The van der Waals surface area contributed by atoms with Gasteiger partial charge in [-0.05, 0) is 37.1 Å². The molecule has 10 heteroatoms. The van der Waals surface area contributed by atoms with Gasteiger partial charge in [0.15, 0.2) is 0 Å².